The summed E-state index contributed by atoms with van der Waals surface area (Å²) in [5.41, 5.74) is 0.565. The first-order valence-electron chi connectivity index (χ1n) is 5.73. The summed E-state index contributed by atoms with van der Waals surface area (Å²) >= 11 is 0. The van der Waals surface area contributed by atoms with Gasteiger partial charge in [-0.2, -0.15) is 5.10 Å². The fourth-order valence-electron chi connectivity index (χ4n) is 2.20. The third-order valence-corrected chi connectivity index (χ3v) is 3.09. The Balaban J connectivity index is 2.25. The van der Waals surface area contributed by atoms with Gasteiger partial charge in [0.15, 0.2) is 5.67 Å². The summed E-state index contributed by atoms with van der Waals surface area (Å²) in [6, 6.07) is 0. The highest BCUT2D eigenvalue weighted by Crippen LogP contribution is 2.37. The highest BCUT2D eigenvalue weighted by Gasteiger charge is 2.35. The molecule has 1 aromatic heterocycles. The number of allylic oxidation sites excluding steroid dienone is 5. The topological polar surface area (TPSA) is 42.7 Å². The maximum Gasteiger partial charge on any atom is 0.170 e. The van der Waals surface area contributed by atoms with Gasteiger partial charge in [0.2, 0.25) is 0 Å². The molecule has 0 spiro atoms. The highest BCUT2D eigenvalue weighted by molar-refractivity contribution is 5.72. The van der Waals surface area contributed by atoms with E-state index in [1.54, 1.807) is 30.0 Å². The van der Waals surface area contributed by atoms with Crippen molar-refractivity contribution in [2.24, 2.45) is 0 Å². The fraction of sp³-hybridized carbons (Fsp3) is 0.231. The molecule has 0 saturated carbocycles. The lowest BCUT2D eigenvalue weighted by Gasteiger charge is -2.29. The Labute approximate surface area is 104 Å². The smallest absolute Gasteiger partial charge is 0.170 e. The molecule has 2 aliphatic rings. The van der Waals surface area contributed by atoms with Gasteiger partial charge < -0.3 is 5.32 Å². The fourth-order valence-corrected chi connectivity index (χ4v) is 2.20. The number of nitrogens with one attached hydrogen (secondary N) is 1. The first-order chi connectivity index (χ1) is 8.59. The average molecular weight is 244 g/mol. The van der Waals surface area contributed by atoms with Crippen molar-refractivity contribution in [2.75, 3.05) is 0 Å². The summed E-state index contributed by atoms with van der Waals surface area (Å²) in [7, 11) is 0. The van der Waals surface area contributed by atoms with Crippen LogP contribution in [0.5, 0.6) is 0 Å². The van der Waals surface area contributed by atoms with Crippen molar-refractivity contribution < 1.29 is 4.39 Å². The van der Waals surface area contributed by atoms with E-state index in [-0.39, 0.29) is 0 Å². The van der Waals surface area contributed by atoms with Gasteiger partial charge in [-0.05, 0) is 31.6 Å². The van der Waals surface area contributed by atoms with Crippen molar-refractivity contribution in [2.45, 2.75) is 19.5 Å². The summed E-state index contributed by atoms with van der Waals surface area (Å²) in [6.07, 6.45) is 10.3. The van der Waals surface area contributed by atoms with Crippen molar-refractivity contribution in [1.29, 1.82) is 0 Å². The Morgan fingerprint density at radius 2 is 2.28 bits per heavy atom. The SMILES string of the molecule is Cc1ncnn1C1=C2NC=CC=C2C=CC1(C)F. The number of aryl methyl sites for hydroxylation is 1. The van der Waals surface area contributed by atoms with Crippen LogP contribution >= 0.6 is 0 Å². The lowest BCUT2D eigenvalue weighted by atomic mass is 9.91. The molecular weight excluding hydrogens is 231 g/mol. The summed E-state index contributed by atoms with van der Waals surface area (Å²) < 4.78 is 16.3. The Morgan fingerprint density at radius 3 is 3.00 bits per heavy atom. The van der Waals surface area contributed by atoms with Crippen molar-refractivity contribution in [3.63, 3.8) is 0 Å². The molecule has 1 atom stereocenters. The molecule has 18 heavy (non-hydrogen) atoms. The number of alkyl halides is 1. The third-order valence-electron chi connectivity index (χ3n) is 3.09. The van der Waals surface area contributed by atoms with Gasteiger partial charge in [-0.15, -0.1) is 0 Å². The van der Waals surface area contributed by atoms with E-state index < -0.39 is 5.67 Å². The van der Waals surface area contributed by atoms with Crippen molar-refractivity contribution in [1.82, 2.24) is 20.1 Å². The minimum atomic E-state index is -1.58. The standard InChI is InChI=1S/C13H13FN4/c1-9-16-8-17-18(9)12-11-10(4-3-7-15-11)5-6-13(12,2)14/h3-8,15H,1-2H3. The van der Waals surface area contributed by atoms with Crippen LogP contribution in [0.2, 0.25) is 0 Å². The Bertz CT molecular complexity index is 617. The van der Waals surface area contributed by atoms with E-state index in [9.17, 15) is 4.39 Å². The summed E-state index contributed by atoms with van der Waals surface area (Å²) in [5.74, 6) is 0.660. The molecule has 1 aromatic rings. The number of fused-ring (bicyclic) bond motifs is 1. The molecule has 3 rings (SSSR count). The van der Waals surface area contributed by atoms with Crippen molar-refractivity contribution in [3.05, 3.63) is 53.9 Å². The molecule has 1 aliphatic heterocycles. The molecule has 1 N–H and O–H groups in total. The van der Waals surface area contributed by atoms with E-state index in [4.69, 9.17) is 0 Å². The average Bonchev–Trinajstić information content (AvgIpc) is 2.74. The normalized spacial score (nSPS) is 25.8. The molecule has 0 amide bonds. The van der Waals surface area contributed by atoms with E-state index in [2.05, 4.69) is 15.4 Å². The maximum atomic E-state index is 14.7. The van der Waals surface area contributed by atoms with Crippen molar-refractivity contribution >= 4 is 5.70 Å². The Kier molecular flexibility index (Phi) is 2.23. The van der Waals surface area contributed by atoms with Crippen LogP contribution in [0.15, 0.2) is 48.1 Å². The van der Waals surface area contributed by atoms with E-state index >= 15 is 0 Å². The zero-order valence-corrected chi connectivity index (χ0v) is 10.2. The molecule has 2 heterocycles. The van der Waals surface area contributed by atoms with Crippen LogP contribution in [0.4, 0.5) is 4.39 Å². The lowest BCUT2D eigenvalue weighted by Crippen LogP contribution is -2.31. The van der Waals surface area contributed by atoms with E-state index in [0.29, 0.717) is 11.5 Å². The number of aromatic nitrogens is 3. The third kappa shape index (κ3) is 1.51. The summed E-state index contributed by atoms with van der Waals surface area (Å²) in [4.78, 5) is 4.06. The van der Waals surface area contributed by atoms with E-state index in [1.165, 1.54) is 13.3 Å². The summed E-state index contributed by atoms with van der Waals surface area (Å²) in [5, 5.41) is 7.20. The minimum Gasteiger partial charge on any atom is -0.360 e. The molecule has 0 saturated heterocycles. The number of halogens is 1. The Hall–Kier alpha value is -2.17. The molecule has 0 bridgehead atoms. The molecule has 0 radical (unpaired) electrons. The monoisotopic (exact) mass is 244 g/mol. The van der Waals surface area contributed by atoms with Gasteiger partial charge in [0.05, 0.1) is 5.70 Å². The van der Waals surface area contributed by atoms with Gasteiger partial charge in [-0.1, -0.05) is 12.2 Å². The zero-order chi connectivity index (χ0) is 12.8. The van der Waals surface area contributed by atoms with Crippen LogP contribution < -0.4 is 5.32 Å². The van der Waals surface area contributed by atoms with Crippen LogP contribution in [-0.4, -0.2) is 20.4 Å². The van der Waals surface area contributed by atoms with E-state index in [0.717, 1.165) is 11.3 Å². The number of nitrogens with zero attached hydrogens (tertiary/aromatic N) is 3. The number of rotatable bonds is 1. The lowest BCUT2D eigenvalue weighted by molar-refractivity contribution is 0.323. The van der Waals surface area contributed by atoms with Gasteiger partial charge in [-0.3, -0.25) is 0 Å². The van der Waals surface area contributed by atoms with Gasteiger partial charge in [0.1, 0.15) is 17.8 Å². The quantitative estimate of drug-likeness (QED) is 0.822. The first kappa shape index (κ1) is 11.0. The van der Waals surface area contributed by atoms with Crippen LogP contribution in [0, 0.1) is 6.92 Å². The molecule has 4 nitrogen and oxygen atoms in total. The maximum absolute atomic E-state index is 14.7. The molecule has 1 aliphatic carbocycles. The second-order valence-corrected chi connectivity index (χ2v) is 4.48. The van der Waals surface area contributed by atoms with E-state index in [1.807, 2.05) is 12.2 Å². The van der Waals surface area contributed by atoms with Crippen LogP contribution in [0.1, 0.15) is 12.7 Å². The van der Waals surface area contributed by atoms with Crippen LogP contribution in [0.3, 0.4) is 0 Å². The molecule has 5 heteroatoms. The van der Waals surface area contributed by atoms with Gasteiger partial charge in [-0.25, -0.2) is 14.1 Å². The second-order valence-electron chi connectivity index (χ2n) is 4.48. The second kappa shape index (κ2) is 3.66. The highest BCUT2D eigenvalue weighted by atomic mass is 19.1. The first-order valence-corrected chi connectivity index (χ1v) is 5.73. The van der Waals surface area contributed by atoms with Gasteiger partial charge in [0.25, 0.3) is 0 Å². The Morgan fingerprint density at radius 1 is 1.44 bits per heavy atom. The zero-order valence-electron chi connectivity index (χ0n) is 10.2. The number of dihydropyridines is 1. The number of hydrogen-bond donors (Lipinski definition) is 1. The van der Waals surface area contributed by atoms with Gasteiger partial charge in [0, 0.05) is 6.20 Å². The minimum absolute atomic E-state index is 0.468. The number of hydrogen-bond acceptors (Lipinski definition) is 3. The molecular formula is C13H13FN4. The molecule has 92 valence electrons. The van der Waals surface area contributed by atoms with Crippen LogP contribution in [-0.2, 0) is 0 Å². The summed E-state index contributed by atoms with van der Waals surface area (Å²) in [6.45, 7) is 3.32. The molecule has 1 unspecified atom stereocenters. The largest absolute Gasteiger partial charge is 0.360 e. The molecule has 0 fully saturated rings. The van der Waals surface area contributed by atoms with Crippen LogP contribution in [0.25, 0.3) is 5.70 Å². The predicted octanol–water partition coefficient (Wildman–Crippen LogP) is 2.10. The van der Waals surface area contributed by atoms with Crippen molar-refractivity contribution in [3.8, 4) is 0 Å². The van der Waals surface area contributed by atoms with Gasteiger partial charge >= 0.3 is 0 Å². The molecule has 0 aromatic carbocycles. The predicted molar refractivity (Wildman–Crippen MR) is 67.0 cm³/mol.